The number of urea groups is 1. The predicted octanol–water partition coefficient (Wildman–Crippen LogP) is 5.36. The van der Waals surface area contributed by atoms with Crippen LogP contribution in [0, 0.1) is 12.8 Å². The van der Waals surface area contributed by atoms with E-state index in [1.807, 2.05) is 75.9 Å². The highest BCUT2D eigenvalue weighted by Crippen LogP contribution is 2.32. The topological polar surface area (TPSA) is 82.7 Å². The molecule has 0 fully saturated rings. The van der Waals surface area contributed by atoms with Gasteiger partial charge in [-0.25, -0.2) is 9.59 Å². The van der Waals surface area contributed by atoms with Gasteiger partial charge in [-0.2, -0.15) is 0 Å². The largest absolute Gasteiger partial charge is 0.462 e. The third-order valence-corrected chi connectivity index (χ3v) is 5.91. The highest BCUT2D eigenvalue weighted by Gasteiger charge is 2.34. The molecule has 3 N–H and O–H groups in total. The summed E-state index contributed by atoms with van der Waals surface area (Å²) in [6.45, 7) is 10.8. The van der Waals surface area contributed by atoms with Crippen LogP contribution in [-0.2, 0) is 9.53 Å². The van der Waals surface area contributed by atoms with Gasteiger partial charge < -0.3 is 25.6 Å². The van der Waals surface area contributed by atoms with E-state index >= 15 is 0 Å². The van der Waals surface area contributed by atoms with Gasteiger partial charge in [0.05, 0.1) is 18.2 Å². The number of esters is 1. The first-order valence-electron chi connectivity index (χ1n) is 11.4. The molecule has 3 rings (SSSR count). The molecule has 1 atom stereocenters. The molecule has 1 aliphatic rings. The van der Waals surface area contributed by atoms with E-state index in [-0.39, 0.29) is 17.9 Å². The Labute approximate surface area is 206 Å². The molecule has 0 aliphatic carbocycles. The number of aryl methyl sites for hydroxylation is 1. The molecular weight excluding hydrogens is 448 g/mol. The summed E-state index contributed by atoms with van der Waals surface area (Å²) in [5, 5.41) is 9.53. The first-order chi connectivity index (χ1) is 16.2. The van der Waals surface area contributed by atoms with E-state index < -0.39 is 6.04 Å². The zero-order chi connectivity index (χ0) is 24.8. The molecule has 7 nitrogen and oxygen atoms in total. The molecule has 0 aromatic heterocycles. The minimum Gasteiger partial charge on any atom is -0.462 e. The van der Waals surface area contributed by atoms with Gasteiger partial charge in [-0.1, -0.05) is 44.2 Å². The molecule has 1 aliphatic heterocycles. The normalized spacial score (nSPS) is 15.8. The Balaban J connectivity index is 1.79. The standard InChI is InChI=1S/C26H32N4O3S/c1-6-30-18(5)22(24(31)33-15-16(2)3)23(29-26(30)34)19-11-13-20(14-12-19)27-25(32)28-21-10-8-7-9-17(21)4/h7-14,16,23H,6,15H2,1-5H3,(H,29,34)(H2,27,28,32). The molecule has 1 heterocycles. The number of carbonyl (C=O) groups is 2. The highest BCUT2D eigenvalue weighted by atomic mass is 32.1. The quantitative estimate of drug-likeness (QED) is 0.365. The lowest BCUT2D eigenvalue weighted by atomic mass is 9.95. The van der Waals surface area contributed by atoms with E-state index in [9.17, 15) is 9.59 Å². The summed E-state index contributed by atoms with van der Waals surface area (Å²) in [5.74, 6) is -0.121. The SMILES string of the molecule is CCN1C(=S)NC(c2ccc(NC(=O)Nc3ccccc3C)cc2)C(C(=O)OCC(C)C)=C1C. The lowest BCUT2D eigenvalue weighted by Gasteiger charge is -2.37. The first kappa shape index (κ1) is 25.2. The van der Waals surface area contributed by atoms with E-state index in [1.54, 1.807) is 12.1 Å². The number of hydrogen-bond donors (Lipinski definition) is 3. The van der Waals surface area contributed by atoms with Crippen LogP contribution in [0.15, 0.2) is 59.8 Å². The smallest absolute Gasteiger partial charge is 0.338 e. The van der Waals surface area contributed by atoms with Crippen molar-refractivity contribution in [2.45, 2.75) is 40.7 Å². The third-order valence-electron chi connectivity index (χ3n) is 5.58. The predicted molar refractivity (Wildman–Crippen MR) is 140 cm³/mol. The molecule has 8 heteroatoms. The van der Waals surface area contributed by atoms with Gasteiger partial charge in [0.2, 0.25) is 0 Å². The summed E-state index contributed by atoms with van der Waals surface area (Å²) in [6, 6.07) is 14.2. The number of benzene rings is 2. The Kier molecular flexibility index (Phi) is 8.28. The zero-order valence-corrected chi connectivity index (χ0v) is 21.1. The van der Waals surface area contributed by atoms with Crippen LogP contribution in [0.5, 0.6) is 0 Å². The molecule has 2 amide bonds. The van der Waals surface area contributed by atoms with Gasteiger partial charge in [-0.3, -0.25) is 0 Å². The molecule has 0 saturated heterocycles. The number of para-hydroxylation sites is 1. The minimum absolute atomic E-state index is 0.236. The van der Waals surface area contributed by atoms with Crippen LogP contribution in [0.25, 0.3) is 0 Å². The van der Waals surface area contributed by atoms with E-state index in [4.69, 9.17) is 17.0 Å². The summed E-state index contributed by atoms with van der Waals surface area (Å²) in [4.78, 5) is 27.3. The highest BCUT2D eigenvalue weighted by molar-refractivity contribution is 7.80. The third kappa shape index (κ3) is 5.94. The van der Waals surface area contributed by atoms with Crippen molar-refractivity contribution < 1.29 is 14.3 Å². The number of nitrogens with zero attached hydrogens (tertiary/aromatic N) is 1. The molecule has 1 unspecified atom stereocenters. The van der Waals surface area contributed by atoms with Crippen LogP contribution >= 0.6 is 12.2 Å². The molecular formula is C26H32N4O3S. The number of allylic oxidation sites excluding steroid dienone is 1. The summed E-state index contributed by atoms with van der Waals surface area (Å²) < 4.78 is 5.56. The number of amides is 2. The summed E-state index contributed by atoms with van der Waals surface area (Å²) in [6.07, 6.45) is 0. The fourth-order valence-corrected chi connectivity index (χ4v) is 4.14. The number of thiocarbonyl (C=S) groups is 1. The second kappa shape index (κ2) is 11.2. The number of rotatable bonds is 7. The van der Waals surface area contributed by atoms with E-state index in [0.717, 1.165) is 22.5 Å². The minimum atomic E-state index is -0.440. The number of anilines is 2. The van der Waals surface area contributed by atoms with Crippen molar-refractivity contribution in [1.29, 1.82) is 0 Å². The van der Waals surface area contributed by atoms with Crippen LogP contribution in [0.1, 0.15) is 44.9 Å². The Morgan fingerprint density at radius 3 is 2.38 bits per heavy atom. The molecule has 0 bridgehead atoms. The van der Waals surface area contributed by atoms with Gasteiger partial charge in [0.25, 0.3) is 0 Å². The lowest BCUT2D eigenvalue weighted by Crippen LogP contribution is -2.47. The maximum atomic E-state index is 13.0. The summed E-state index contributed by atoms with van der Waals surface area (Å²) in [7, 11) is 0. The van der Waals surface area contributed by atoms with Gasteiger partial charge in [-0.05, 0) is 68.2 Å². The summed E-state index contributed by atoms with van der Waals surface area (Å²) in [5.41, 5.74) is 4.53. The average molecular weight is 481 g/mol. The Morgan fingerprint density at radius 1 is 1.09 bits per heavy atom. The average Bonchev–Trinajstić information content (AvgIpc) is 2.79. The van der Waals surface area contributed by atoms with Crippen molar-refractivity contribution in [3.05, 3.63) is 70.9 Å². The maximum absolute atomic E-state index is 13.0. The molecule has 34 heavy (non-hydrogen) atoms. The van der Waals surface area contributed by atoms with E-state index in [0.29, 0.717) is 29.5 Å². The van der Waals surface area contributed by atoms with Gasteiger partial charge in [0, 0.05) is 23.6 Å². The van der Waals surface area contributed by atoms with E-state index in [2.05, 4.69) is 16.0 Å². The van der Waals surface area contributed by atoms with Crippen molar-refractivity contribution in [3.8, 4) is 0 Å². The van der Waals surface area contributed by atoms with Crippen molar-refractivity contribution >= 4 is 40.7 Å². The van der Waals surface area contributed by atoms with Crippen LogP contribution in [0.2, 0.25) is 0 Å². The second-order valence-electron chi connectivity index (χ2n) is 8.63. The monoisotopic (exact) mass is 480 g/mol. The number of carbonyl (C=O) groups excluding carboxylic acids is 2. The summed E-state index contributed by atoms with van der Waals surface area (Å²) >= 11 is 5.54. The zero-order valence-electron chi connectivity index (χ0n) is 20.3. The second-order valence-corrected chi connectivity index (χ2v) is 9.02. The molecule has 2 aromatic carbocycles. The van der Waals surface area contributed by atoms with E-state index in [1.165, 1.54) is 0 Å². The number of ether oxygens (including phenoxy) is 1. The fourth-order valence-electron chi connectivity index (χ4n) is 3.75. The van der Waals surface area contributed by atoms with Crippen LogP contribution < -0.4 is 16.0 Å². The molecule has 0 radical (unpaired) electrons. The van der Waals surface area contributed by atoms with Crippen molar-refractivity contribution in [2.24, 2.45) is 5.92 Å². The molecule has 180 valence electrons. The Bertz CT molecular complexity index is 1100. The molecule has 0 saturated carbocycles. The Hall–Kier alpha value is -3.39. The Morgan fingerprint density at radius 2 is 1.76 bits per heavy atom. The fraction of sp³-hybridized carbons (Fsp3) is 0.346. The van der Waals surface area contributed by atoms with Crippen molar-refractivity contribution in [1.82, 2.24) is 10.2 Å². The van der Waals surface area contributed by atoms with Crippen LogP contribution in [0.3, 0.4) is 0 Å². The van der Waals surface area contributed by atoms with Crippen LogP contribution in [0.4, 0.5) is 16.2 Å². The molecule has 0 spiro atoms. The maximum Gasteiger partial charge on any atom is 0.338 e. The molecule has 2 aromatic rings. The lowest BCUT2D eigenvalue weighted by molar-refractivity contribution is -0.140. The van der Waals surface area contributed by atoms with Gasteiger partial charge in [0.15, 0.2) is 5.11 Å². The first-order valence-corrected chi connectivity index (χ1v) is 11.8. The van der Waals surface area contributed by atoms with Crippen LogP contribution in [-0.4, -0.2) is 35.2 Å². The van der Waals surface area contributed by atoms with Gasteiger partial charge in [-0.15, -0.1) is 0 Å². The van der Waals surface area contributed by atoms with Gasteiger partial charge >= 0.3 is 12.0 Å². The van der Waals surface area contributed by atoms with Gasteiger partial charge in [0.1, 0.15) is 0 Å². The number of hydrogen-bond acceptors (Lipinski definition) is 4. The van der Waals surface area contributed by atoms with Crippen molar-refractivity contribution in [3.63, 3.8) is 0 Å². The van der Waals surface area contributed by atoms with Crippen molar-refractivity contribution in [2.75, 3.05) is 23.8 Å². The number of nitrogens with one attached hydrogen (secondary N) is 3.